The predicted molar refractivity (Wildman–Crippen MR) is 71.2 cm³/mol. The number of thiazole rings is 1. The van der Waals surface area contributed by atoms with E-state index in [4.69, 9.17) is 4.74 Å². The molecule has 98 valence electrons. The number of rotatable bonds is 6. The summed E-state index contributed by atoms with van der Waals surface area (Å²) < 4.78 is 7.14. The summed E-state index contributed by atoms with van der Waals surface area (Å²) in [4.78, 5) is 7.86. The molecular weight excluding hydrogens is 250 g/mol. The fraction of sp³-hybridized carbons (Fsp3) is 0.583. The van der Waals surface area contributed by atoms with Crippen molar-refractivity contribution in [3.8, 4) is 0 Å². The van der Waals surface area contributed by atoms with Crippen molar-refractivity contribution < 1.29 is 9.84 Å². The van der Waals surface area contributed by atoms with Gasteiger partial charge in [-0.1, -0.05) is 0 Å². The number of nitrogens with zero attached hydrogens (tertiary/aromatic N) is 3. The number of aliphatic hydroxyl groups excluding tert-OH is 1. The molecule has 1 aliphatic carbocycles. The summed E-state index contributed by atoms with van der Waals surface area (Å²) in [6, 6.07) is 0.565. The first kappa shape index (κ1) is 12.0. The van der Waals surface area contributed by atoms with E-state index in [9.17, 15) is 5.11 Å². The van der Waals surface area contributed by atoms with Crippen molar-refractivity contribution in [2.24, 2.45) is 0 Å². The second kappa shape index (κ2) is 4.87. The Hall–Kier alpha value is -1.11. The molecule has 1 aliphatic rings. The van der Waals surface area contributed by atoms with Crippen molar-refractivity contribution in [3.63, 3.8) is 0 Å². The summed E-state index contributed by atoms with van der Waals surface area (Å²) >= 11 is 1.59. The van der Waals surface area contributed by atoms with Crippen LogP contribution < -0.4 is 4.90 Å². The first-order chi connectivity index (χ1) is 8.85. The third kappa shape index (κ3) is 2.00. The lowest BCUT2D eigenvalue weighted by atomic mass is 10.3. The van der Waals surface area contributed by atoms with Crippen molar-refractivity contribution >= 4 is 22.1 Å². The molecule has 18 heavy (non-hydrogen) atoms. The molecule has 6 heteroatoms. The van der Waals surface area contributed by atoms with Gasteiger partial charge in [0, 0.05) is 31.3 Å². The fourth-order valence-electron chi connectivity index (χ4n) is 2.24. The molecule has 0 radical (unpaired) electrons. The Morgan fingerprint density at radius 3 is 3.11 bits per heavy atom. The topological polar surface area (TPSA) is 50.0 Å². The van der Waals surface area contributed by atoms with Crippen molar-refractivity contribution in [2.45, 2.75) is 25.5 Å². The molecule has 2 aromatic heterocycles. The van der Waals surface area contributed by atoms with Crippen LogP contribution in [0.3, 0.4) is 0 Å². The number of hydrogen-bond donors (Lipinski definition) is 1. The van der Waals surface area contributed by atoms with Gasteiger partial charge in [0.15, 0.2) is 10.8 Å². The first-order valence-corrected chi connectivity index (χ1v) is 7.04. The highest BCUT2D eigenvalue weighted by Crippen LogP contribution is 2.34. The van der Waals surface area contributed by atoms with Gasteiger partial charge in [-0.15, -0.1) is 11.3 Å². The van der Waals surface area contributed by atoms with Gasteiger partial charge in [-0.05, 0) is 12.8 Å². The summed E-state index contributed by atoms with van der Waals surface area (Å²) in [5, 5.41) is 11.6. The maximum atomic E-state index is 9.59. The zero-order chi connectivity index (χ0) is 12.5. The standard InChI is InChI=1S/C12H17N3O2S/c1-17-6-4-14(9-2-3-9)11-10(8-16)15-5-7-18-12(15)13-11/h5,7,9,16H,2-4,6,8H2,1H3. The molecule has 0 bridgehead atoms. The van der Waals surface area contributed by atoms with Gasteiger partial charge in [0.1, 0.15) is 0 Å². The zero-order valence-corrected chi connectivity index (χ0v) is 11.2. The van der Waals surface area contributed by atoms with E-state index in [1.54, 1.807) is 18.4 Å². The fourth-order valence-corrected chi connectivity index (χ4v) is 2.96. The van der Waals surface area contributed by atoms with Crippen molar-refractivity contribution in [2.75, 3.05) is 25.2 Å². The maximum Gasteiger partial charge on any atom is 0.195 e. The molecule has 1 fully saturated rings. The third-order valence-corrected chi connectivity index (χ3v) is 4.04. The highest BCUT2D eigenvalue weighted by atomic mass is 32.1. The number of aliphatic hydroxyl groups is 1. The van der Waals surface area contributed by atoms with E-state index in [-0.39, 0.29) is 6.61 Å². The zero-order valence-electron chi connectivity index (χ0n) is 10.4. The van der Waals surface area contributed by atoms with Crippen LogP contribution in [-0.4, -0.2) is 40.8 Å². The molecular formula is C12H17N3O2S. The van der Waals surface area contributed by atoms with Crippen LogP contribution in [0.5, 0.6) is 0 Å². The summed E-state index contributed by atoms with van der Waals surface area (Å²) in [5.74, 6) is 0.920. The van der Waals surface area contributed by atoms with Crippen LogP contribution in [0.1, 0.15) is 18.5 Å². The van der Waals surface area contributed by atoms with E-state index >= 15 is 0 Å². The molecule has 0 atom stereocenters. The van der Waals surface area contributed by atoms with E-state index in [0.29, 0.717) is 12.6 Å². The Kier molecular flexibility index (Phi) is 3.23. The molecule has 5 nitrogen and oxygen atoms in total. The average molecular weight is 267 g/mol. The van der Waals surface area contributed by atoms with Gasteiger partial charge in [-0.25, -0.2) is 4.98 Å². The second-order valence-electron chi connectivity index (χ2n) is 4.51. The monoisotopic (exact) mass is 267 g/mol. The summed E-state index contributed by atoms with van der Waals surface area (Å²) in [6.07, 6.45) is 4.38. The number of fused-ring (bicyclic) bond motifs is 1. The van der Waals surface area contributed by atoms with E-state index in [0.717, 1.165) is 23.0 Å². The Morgan fingerprint density at radius 2 is 2.44 bits per heavy atom. The Balaban J connectivity index is 1.96. The SMILES string of the molecule is COCCN(c1nc2sccn2c1CO)C1CC1. The van der Waals surface area contributed by atoms with Crippen molar-refractivity contribution in [1.29, 1.82) is 0 Å². The number of methoxy groups -OCH3 is 1. The molecule has 1 N–H and O–H groups in total. The summed E-state index contributed by atoms with van der Waals surface area (Å²) in [6.45, 7) is 1.54. The molecule has 0 amide bonds. The minimum Gasteiger partial charge on any atom is -0.390 e. The van der Waals surface area contributed by atoms with E-state index in [1.807, 2.05) is 16.0 Å². The minimum absolute atomic E-state index is 0.0173. The number of aromatic nitrogens is 2. The summed E-state index contributed by atoms with van der Waals surface area (Å²) in [5.41, 5.74) is 0.884. The van der Waals surface area contributed by atoms with Crippen molar-refractivity contribution in [1.82, 2.24) is 9.38 Å². The van der Waals surface area contributed by atoms with Gasteiger partial charge in [0.25, 0.3) is 0 Å². The van der Waals surface area contributed by atoms with E-state index in [2.05, 4.69) is 9.88 Å². The van der Waals surface area contributed by atoms with Crippen LogP contribution in [0.25, 0.3) is 4.96 Å². The lowest BCUT2D eigenvalue weighted by Crippen LogP contribution is -2.30. The molecule has 2 aromatic rings. The second-order valence-corrected chi connectivity index (χ2v) is 5.39. The molecule has 0 saturated heterocycles. The lowest BCUT2D eigenvalue weighted by molar-refractivity contribution is 0.204. The molecule has 3 rings (SSSR count). The van der Waals surface area contributed by atoms with Crippen LogP contribution in [0, 0.1) is 0 Å². The molecule has 0 unspecified atom stereocenters. The maximum absolute atomic E-state index is 9.59. The molecule has 0 aromatic carbocycles. The largest absolute Gasteiger partial charge is 0.390 e. The van der Waals surface area contributed by atoms with Crippen LogP contribution in [-0.2, 0) is 11.3 Å². The van der Waals surface area contributed by atoms with Crippen LogP contribution in [0.15, 0.2) is 11.6 Å². The predicted octanol–water partition coefficient (Wildman–Crippen LogP) is 1.50. The third-order valence-electron chi connectivity index (χ3n) is 3.29. The molecule has 1 saturated carbocycles. The number of ether oxygens (including phenoxy) is 1. The lowest BCUT2D eigenvalue weighted by Gasteiger charge is -2.22. The normalized spacial score (nSPS) is 15.4. The molecule has 0 spiro atoms. The highest BCUT2D eigenvalue weighted by Gasteiger charge is 2.32. The van der Waals surface area contributed by atoms with Crippen LogP contribution in [0.2, 0.25) is 0 Å². The number of anilines is 1. The van der Waals surface area contributed by atoms with Gasteiger partial charge in [-0.3, -0.25) is 4.40 Å². The van der Waals surface area contributed by atoms with Gasteiger partial charge < -0.3 is 14.7 Å². The van der Waals surface area contributed by atoms with Gasteiger partial charge in [-0.2, -0.15) is 0 Å². The van der Waals surface area contributed by atoms with Crippen LogP contribution in [0.4, 0.5) is 5.82 Å². The highest BCUT2D eigenvalue weighted by molar-refractivity contribution is 7.15. The van der Waals surface area contributed by atoms with E-state index < -0.39 is 0 Å². The van der Waals surface area contributed by atoms with Crippen LogP contribution >= 0.6 is 11.3 Å². The van der Waals surface area contributed by atoms with Gasteiger partial charge in [0.05, 0.1) is 18.9 Å². The average Bonchev–Trinajstić information content (AvgIpc) is 3.00. The molecule has 0 aliphatic heterocycles. The Morgan fingerprint density at radius 1 is 1.61 bits per heavy atom. The Labute approximate surface area is 110 Å². The summed E-state index contributed by atoms with van der Waals surface area (Å²) in [7, 11) is 1.71. The number of hydrogen-bond acceptors (Lipinski definition) is 5. The Bertz CT molecular complexity index is 532. The first-order valence-electron chi connectivity index (χ1n) is 6.16. The smallest absolute Gasteiger partial charge is 0.195 e. The van der Waals surface area contributed by atoms with Gasteiger partial charge >= 0.3 is 0 Å². The quantitative estimate of drug-likeness (QED) is 0.862. The number of imidazole rings is 1. The van der Waals surface area contributed by atoms with Gasteiger partial charge in [0.2, 0.25) is 0 Å². The van der Waals surface area contributed by atoms with E-state index in [1.165, 1.54) is 12.8 Å². The minimum atomic E-state index is 0.0173. The van der Waals surface area contributed by atoms with Crippen molar-refractivity contribution in [3.05, 3.63) is 17.3 Å². The molecule has 2 heterocycles.